The maximum Gasteiger partial charge on any atom is 0.217 e. The molecule has 9 heterocycles. The molecule has 9 rings (SSSR count). The van der Waals surface area contributed by atoms with Crippen molar-refractivity contribution < 1.29 is 247 Å². The number of hydrogen-bond acceptors (Lipinski definition) is 50. The number of aliphatic hydroxyl groups excluding tert-OH is 28. The van der Waals surface area contributed by atoms with Crippen LogP contribution >= 0.6 is 0 Å². The number of nitrogens with one attached hydrogen (secondary N) is 4. The molecule has 0 aromatic rings. The van der Waals surface area contributed by atoms with Crippen molar-refractivity contribution in [2.75, 3.05) is 66.1 Å². The van der Waals surface area contributed by atoms with Gasteiger partial charge in [-0.2, -0.15) is 0 Å². The highest BCUT2D eigenvalue weighted by Crippen LogP contribution is 2.40. The van der Waals surface area contributed by atoms with E-state index < -0.39 is 390 Å². The molecular weight excluding hydrogens is 1670 g/mol. The van der Waals surface area contributed by atoms with Crippen LogP contribution in [0.4, 0.5) is 0 Å². The molecule has 0 aliphatic carbocycles. The normalized spacial score (nSPS) is 47.0. The third kappa shape index (κ3) is 23.1. The third-order valence-electron chi connectivity index (χ3n) is 22.1. The fourth-order valence-electron chi connectivity index (χ4n) is 15.4. The van der Waals surface area contributed by atoms with E-state index in [1.807, 2.05) is 0 Å². The van der Waals surface area contributed by atoms with Crippen molar-refractivity contribution in [3.05, 3.63) is 0 Å². The van der Waals surface area contributed by atoms with Crippen LogP contribution in [0.25, 0.3) is 0 Å². The number of rotatable bonds is 35. The van der Waals surface area contributed by atoms with Crippen molar-refractivity contribution in [3.63, 3.8) is 0 Å². The van der Waals surface area contributed by atoms with E-state index in [2.05, 4.69) is 21.3 Å². The Balaban J connectivity index is 1.09. The van der Waals surface area contributed by atoms with Crippen LogP contribution in [0.5, 0.6) is 0 Å². The standard InChI is InChI=1S/C68H116N4O50/c1-16-34(86)44(96)49(101)63(107-16)105-14-22(85)53(35(87)21(6-73)69-17(2)81)116-60-31(70-18(3)82)43(95)54(29(13-80)114-60)117-66-52(104)57(120-68-59(48(100)39(91)26(10-77)113-68)122-62-33(72-20(5)84)56(41(93)28(12-79)109-62)119-65-51(103)46(98)37(89)24(8-75)111-65)42(94)30(115-66)15-106-67-58(47(99)38(90)25(9-76)112-67)121-61-32(71-19(4)83)55(40(92)27(11-78)108-61)118-64-50(102)45(97)36(88)23(7-74)110-64/h16,21-68,73-80,85-104H,6-15H2,1-5H3,(H,69,81)(H,70,82)(H,71,83)(H,72,84)/t16-,21-,22+,23+,24+,25+,26+,27+,28+,29+,30+,31+,32+,33+,34+,35+,36-,37-,38+,39+,40+,41+,42+,43+,44+,45-,46-,47-,48-,49-,50+,51+,52-,53+,54+,55+,56+,57-,58-,59-,60-,61-,62-,63+,64-,65-,66-,67-,68+/m0/s1. The van der Waals surface area contributed by atoms with Gasteiger partial charge in [0.05, 0.1) is 78.2 Å². The summed E-state index contributed by atoms with van der Waals surface area (Å²) in [5.41, 5.74) is 0. The molecule has 708 valence electrons. The Hall–Kier alpha value is -3.96. The molecule has 122 heavy (non-hydrogen) atoms. The molecule has 0 radical (unpaired) electrons. The molecule has 9 aliphatic heterocycles. The second-order valence-corrected chi connectivity index (χ2v) is 30.8. The van der Waals surface area contributed by atoms with Crippen LogP contribution in [0, 0.1) is 0 Å². The van der Waals surface area contributed by atoms with Gasteiger partial charge in [-0.3, -0.25) is 19.2 Å². The van der Waals surface area contributed by atoms with Crippen LogP contribution in [-0.4, -0.2) is 533 Å². The van der Waals surface area contributed by atoms with Crippen LogP contribution in [-0.2, 0) is 104 Å². The predicted octanol–water partition coefficient (Wildman–Crippen LogP) is -21.6. The molecule has 9 aliphatic rings. The van der Waals surface area contributed by atoms with Crippen molar-refractivity contribution in [2.45, 2.75) is 335 Å². The summed E-state index contributed by atoms with van der Waals surface area (Å²) in [7, 11) is 0. The summed E-state index contributed by atoms with van der Waals surface area (Å²) in [5.74, 6) is -3.87. The minimum absolute atomic E-state index is 0.874. The lowest BCUT2D eigenvalue weighted by molar-refractivity contribution is -0.398. The highest BCUT2D eigenvalue weighted by Gasteiger charge is 2.61. The van der Waals surface area contributed by atoms with Crippen LogP contribution < -0.4 is 21.3 Å². The first-order valence-electron chi connectivity index (χ1n) is 38.9. The number of hydrogen-bond donors (Lipinski definition) is 32. The second kappa shape index (κ2) is 45.0. The van der Waals surface area contributed by atoms with Crippen LogP contribution in [0.1, 0.15) is 34.6 Å². The van der Waals surface area contributed by atoms with E-state index in [9.17, 15) is 162 Å². The maximum absolute atomic E-state index is 13.3. The lowest BCUT2D eigenvalue weighted by atomic mass is 9.94. The molecule has 0 saturated carbocycles. The van der Waals surface area contributed by atoms with E-state index in [0.717, 1.165) is 27.7 Å². The van der Waals surface area contributed by atoms with Crippen LogP contribution in [0.3, 0.4) is 0 Å². The molecule has 0 aromatic heterocycles. The summed E-state index contributed by atoms with van der Waals surface area (Å²) in [6.45, 7) is -6.45. The minimum Gasteiger partial charge on any atom is -0.394 e. The number of ether oxygens (including phenoxy) is 18. The van der Waals surface area contributed by atoms with Crippen molar-refractivity contribution in [1.29, 1.82) is 0 Å². The molecule has 32 N–H and O–H groups in total. The van der Waals surface area contributed by atoms with Gasteiger partial charge in [-0.05, 0) is 6.92 Å². The highest BCUT2D eigenvalue weighted by atomic mass is 16.8. The summed E-state index contributed by atoms with van der Waals surface area (Å²) in [6.07, 6.45) is -95.8. The highest BCUT2D eigenvalue weighted by molar-refractivity contribution is 5.74. The van der Waals surface area contributed by atoms with E-state index >= 15 is 0 Å². The number of carbonyl (C=O) groups is 4. The van der Waals surface area contributed by atoms with Gasteiger partial charge < -0.3 is 250 Å². The van der Waals surface area contributed by atoms with E-state index in [4.69, 9.17) is 85.3 Å². The van der Waals surface area contributed by atoms with Crippen LogP contribution in [0.15, 0.2) is 0 Å². The van der Waals surface area contributed by atoms with E-state index in [1.165, 1.54) is 6.92 Å². The smallest absolute Gasteiger partial charge is 0.217 e. The van der Waals surface area contributed by atoms with Gasteiger partial charge in [0, 0.05) is 27.7 Å². The average Bonchev–Trinajstić information content (AvgIpc) is 0.714. The largest absolute Gasteiger partial charge is 0.394 e. The van der Waals surface area contributed by atoms with Crippen LogP contribution in [0.2, 0.25) is 0 Å². The van der Waals surface area contributed by atoms with E-state index in [0.29, 0.717) is 0 Å². The molecule has 9 fully saturated rings. The van der Waals surface area contributed by atoms with Gasteiger partial charge >= 0.3 is 0 Å². The first kappa shape index (κ1) is 102. The Bertz CT molecular complexity index is 3230. The Morgan fingerprint density at radius 2 is 0.648 bits per heavy atom. The molecule has 54 heteroatoms. The number of amides is 4. The van der Waals surface area contributed by atoms with Gasteiger partial charge in [0.25, 0.3) is 0 Å². The molecular formula is C68H116N4O50. The lowest BCUT2D eigenvalue weighted by Crippen LogP contribution is -2.70. The molecule has 0 bridgehead atoms. The van der Waals surface area contributed by atoms with Crippen molar-refractivity contribution in [2.24, 2.45) is 0 Å². The molecule has 49 atom stereocenters. The number of carbonyl (C=O) groups excluding carboxylic acids is 4. The fourth-order valence-corrected chi connectivity index (χ4v) is 15.4. The molecule has 0 spiro atoms. The first-order chi connectivity index (χ1) is 57.6. The quantitative estimate of drug-likeness (QED) is 0.0280. The zero-order chi connectivity index (χ0) is 90.2. The van der Waals surface area contributed by atoms with Crippen molar-refractivity contribution >= 4 is 23.6 Å². The Labute approximate surface area is 691 Å². The van der Waals surface area contributed by atoms with Gasteiger partial charge in [0.1, 0.15) is 232 Å². The summed E-state index contributed by atoms with van der Waals surface area (Å²) < 4.78 is 107. The molecule has 0 unspecified atom stereocenters. The Morgan fingerprint density at radius 3 is 1.09 bits per heavy atom. The van der Waals surface area contributed by atoms with E-state index in [1.54, 1.807) is 0 Å². The lowest BCUT2D eigenvalue weighted by Gasteiger charge is -2.51. The third-order valence-corrected chi connectivity index (χ3v) is 22.1. The zero-order valence-electron chi connectivity index (χ0n) is 65.9. The maximum atomic E-state index is 13.3. The van der Waals surface area contributed by atoms with Gasteiger partial charge in [-0.1, -0.05) is 0 Å². The molecule has 4 amide bonds. The topological polar surface area (TPSA) is 849 Å². The van der Waals surface area contributed by atoms with E-state index in [-0.39, 0.29) is 0 Å². The second-order valence-electron chi connectivity index (χ2n) is 30.8. The Kier molecular flexibility index (Phi) is 37.6. The first-order valence-corrected chi connectivity index (χ1v) is 38.9. The SMILES string of the molecule is CC(=O)N[C@H]1[C@H](O[C@@H]([C@H](O)[C@H](CO)NC(C)=O)[C@H](O)CO[C@@H]2O[C@@H](C)[C@@H](O)[C@@H](O)[C@@H]2O)O[C@H](CO)[C@@H](O[C@@H]2O[C@H](CO[C@H]3O[C@H](CO)[C@@H](O)[C@H](O)[C@@H]3O[C@@H]3O[C@H](CO)[C@@H](O)[C@H](O[C@@H]4O[C@H](CO)[C@H](O)[C@H](O)[C@H]4O)[C@H]3NC(C)=O)[C@@H](O)[C@H](O[C@H]3O[C@H](CO)[C@@H](O)[C@H](O)[C@@H]3O[C@@H]3O[C@H](CO)[C@@H](O)[C@H](O[C@@H]4O[C@H](CO)[C@H](O)[C@H](O)[C@H]4O)[C@H]3NC(C)=O)[C@@H]2O)[C@@H]1O. The molecule has 54 nitrogen and oxygen atoms in total. The van der Waals surface area contributed by atoms with Gasteiger partial charge in [0.2, 0.25) is 23.6 Å². The molecule has 0 aromatic carbocycles. The van der Waals surface area contributed by atoms with Gasteiger partial charge in [-0.15, -0.1) is 0 Å². The average molecular weight is 1790 g/mol. The number of aliphatic hydroxyl groups is 28. The predicted molar refractivity (Wildman–Crippen MR) is 377 cm³/mol. The van der Waals surface area contributed by atoms with Crippen molar-refractivity contribution in [1.82, 2.24) is 21.3 Å². The summed E-state index contributed by atoms with van der Waals surface area (Å²) in [5, 5.41) is 321. The van der Waals surface area contributed by atoms with Gasteiger partial charge in [0.15, 0.2) is 56.6 Å². The Morgan fingerprint density at radius 1 is 0.303 bits per heavy atom. The van der Waals surface area contributed by atoms with Crippen molar-refractivity contribution in [3.8, 4) is 0 Å². The molecule has 9 saturated heterocycles. The summed E-state index contributed by atoms with van der Waals surface area (Å²) >= 11 is 0. The zero-order valence-corrected chi connectivity index (χ0v) is 65.9. The monoisotopic (exact) mass is 1790 g/mol. The summed E-state index contributed by atoms with van der Waals surface area (Å²) in [4.78, 5) is 51.8. The van der Waals surface area contributed by atoms with Gasteiger partial charge in [-0.25, -0.2) is 0 Å². The fraction of sp³-hybridized carbons (Fsp3) is 0.941. The summed E-state index contributed by atoms with van der Waals surface area (Å²) in [6, 6.07) is -7.77. The minimum atomic E-state index is -2.66.